The number of hydrogen-bond donors (Lipinski definition) is 1. The maximum Gasteiger partial charge on any atom is 0.373 e. The van der Waals surface area contributed by atoms with Crippen molar-refractivity contribution >= 4 is 5.97 Å². The van der Waals surface area contributed by atoms with Crippen LogP contribution in [0.4, 0.5) is 0 Å². The number of carbonyl (C=O) groups is 1. The number of carboxylic acids is 1. The molecule has 5 nitrogen and oxygen atoms in total. The van der Waals surface area contributed by atoms with E-state index in [1.807, 2.05) is 0 Å². The van der Waals surface area contributed by atoms with Crippen molar-refractivity contribution in [2.45, 2.75) is 45.2 Å². The molecule has 1 unspecified atom stereocenters. The minimum atomic E-state index is -1.06. The predicted molar refractivity (Wildman–Crippen MR) is 62.0 cm³/mol. The van der Waals surface area contributed by atoms with Crippen LogP contribution in [0.5, 0.6) is 0 Å². The number of hydrogen-bond acceptors (Lipinski definition) is 4. The van der Waals surface area contributed by atoms with E-state index < -0.39 is 5.97 Å². The fourth-order valence-electron chi connectivity index (χ4n) is 2.46. The Morgan fingerprint density at radius 2 is 2.47 bits per heavy atom. The van der Waals surface area contributed by atoms with Gasteiger partial charge in [-0.25, -0.2) is 9.78 Å². The zero-order valence-corrected chi connectivity index (χ0v) is 10.2. The Kier molecular flexibility index (Phi) is 3.47. The molecule has 0 spiro atoms. The van der Waals surface area contributed by atoms with Crippen molar-refractivity contribution in [3.05, 3.63) is 17.8 Å². The molecule has 1 fully saturated rings. The summed E-state index contributed by atoms with van der Waals surface area (Å²) < 4.78 is 5.20. The number of rotatable bonds is 4. The van der Waals surface area contributed by atoms with Crippen LogP contribution >= 0.6 is 0 Å². The third-order valence-electron chi connectivity index (χ3n) is 3.26. The molecule has 2 rings (SSSR count). The van der Waals surface area contributed by atoms with Crippen LogP contribution in [0.2, 0.25) is 0 Å². The van der Waals surface area contributed by atoms with Gasteiger partial charge in [-0.3, -0.25) is 4.90 Å². The first kappa shape index (κ1) is 12.1. The Morgan fingerprint density at radius 1 is 1.71 bits per heavy atom. The third-order valence-corrected chi connectivity index (χ3v) is 3.26. The number of oxazole rings is 1. The fraction of sp³-hybridized carbons (Fsp3) is 0.667. The SMILES string of the molecule is CC(C)N1CCCC1Cc1ncc(C(=O)O)o1. The molecule has 1 N–H and O–H groups in total. The Bertz CT molecular complexity index is 400. The molecule has 94 valence electrons. The lowest BCUT2D eigenvalue weighted by Gasteiger charge is -2.27. The molecular formula is C12H18N2O3. The highest BCUT2D eigenvalue weighted by Gasteiger charge is 2.28. The van der Waals surface area contributed by atoms with E-state index in [2.05, 4.69) is 23.7 Å². The molecule has 0 radical (unpaired) electrons. The lowest BCUT2D eigenvalue weighted by atomic mass is 10.1. The largest absolute Gasteiger partial charge is 0.475 e. The van der Waals surface area contributed by atoms with Crippen molar-refractivity contribution in [2.75, 3.05) is 6.54 Å². The lowest BCUT2D eigenvalue weighted by Crippen LogP contribution is -2.36. The number of carboxylic acid groups (broad SMARTS) is 1. The van der Waals surface area contributed by atoms with Gasteiger partial charge in [0.2, 0.25) is 5.76 Å². The first-order chi connectivity index (χ1) is 8.08. The third kappa shape index (κ3) is 2.66. The van der Waals surface area contributed by atoms with E-state index in [4.69, 9.17) is 9.52 Å². The maximum absolute atomic E-state index is 10.7. The zero-order chi connectivity index (χ0) is 12.4. The van der Waals surface area contributed by atoms with Gasteiger partial charge < -0.3 is 9.52 Å². The summed E-state index contributed by atoms with van der Waals surface area (Å²) in [5.41, 5.74) is 0. The Balaban J connectivity index is 2.02. The average Bonchev–Trinajstić information content (AvgIpc) is 2.86. The number of likely N-dealkylation sites (tertiary alicyclic amines) is 1. The molecule has 1 saturated heterocycles. The number of nitrogens with zero attached hydrogens (tertiary/aromatic N) is 2. The van der Waals surface area contributed by atoms with Crippen molar-refractivity contribution < 1.29 is 14.3 Å². The topological polar surface area (TPSA) is 66.6 Å². The van der Waals surface area contributed by atoms with Gasteiger partial charge >= 0.3 is 5.97 Å². The summed E-state index contributed by atoms with van der Waals surface area (Å²) in [5.74, 6) is -0.607. The molecule has 5 heteroatoms. The molecule has 1 aliphatic heterocycles. The Morgan fingerprint density at radius 3 is 3.06 bits per heavy atom. The van der Waals surface area contributed by atoms with Crippen LogP contribution in [0.1, 0.15) is 43.1 Å². The highest BCUT2D eigenvalue weighted by Crippen LogP contribution is 2.23. The van der Waals surface area contributed by atoms with Gasteiger partial charge in [-0.2, -0.15) is 0 Å². The van der Waals surface area contributed by atoms with E-state index in [0.717, 1.165) is 13.0 Å². The van der Waals surface area contributed by atoms with Gasteiger partial charge in [-0.1, -0.05) is 0 Å². The van der Waals surface area contributed by atoms with Crippen LogP contribution in [-0.2, 0) is 6.42 Å². The molecule has 1 aromatic heterocycles. The summed E-state index contributed by atoms with van der Waals surface area (Å²) in [6.45, 7) is 5.46. The normalized spacial score (nSPS) is 21.2. The van der Waals surface area contributed by atoms with Gasteiger partial charge in [0, 0.05) is 18.5 Å². The molecule has 0 saturated carbocycles. The monoisotopic (exact) mass is 238 g/mol. The van der Waals surface area contributed by atoms with Crippen molar-refractivity contribution in [1.82, 2.24) is 9.88 Å². The predicted octanol–water partition coefficient (Wildman–Crippen LogP) is 1.79. The summed E-state index contributed by atoms with van der Waals surface area (Å²) in [6, 6.07) is 0.937. The van der Waals surface area contributed by atoms with Crippen LogP contribution in [0.15, 0.2) is 10.6 Å². The van der Waals surface area contributed by atoms with Crippen molar-refractivity contribution in [3.8, 4) is 0 Å². The second kappa shape index (κ2) is 4.87. The second-order valence-electron chi connectivity index (χ2n) is 4.76. The summed E-state index contributed by atoms with van der Waals surface area (Å²) in [6.07, 6.45) is 4.30. The van der Waals surface area contributed by atoms with E-state index in [0.29, 0.717) is 24.4 Å². The lowest BCUT2D eigenvalue weighted by molar-refractivity contribution is 0.0659. The van der Waals surface area contributed by atoms with Gasteiger partial charge in [0.1, 0.15) is 0 Å². The van der Waals surface area contributed by atoms with Gasteiger partial charge in [-0.05, 0) is 33.2 Å². The van der Waals surface area contributed by atoms with E-state index >= 15 is 0 Å². The first-order valence-corrected chi connectivity index (χ1v) is 6.01. The Labute approximate surface area is 100 Å². The van der Waals surface area contributed by atoms with E-state index in [1.165, 1.54) is 12.6 Å². The number of aromatic nitrogens is 1. The fourth-order valence-corrected chi connectivity index (χ4v) is 2.46. The molecule has 1 aliphatic rings. The molecule has 0 aromatic carbocycles. The van der Waals surface area contributed by atoms with E-state index in [-0.39, 0.29) is 5.76 Å². The average molecular weight is 238 g/mol. The van der Waals surface area contributed by atoms with Gasteiger partial charge in [-0.15, -0.1) is 0 Å². The van der Waals surface area contributed by atoms with Crippen LogP contribution in [0.3, 0.4) is 0 Å². The van der Waals surface area contributed by atoms with Gasteiger partial charge in [0.15, 0.2) is 5.89 Å². The summed E-state index contributed by atoms with van der Waals surface area (Å²) in [7, 11) is 0. The summed E-state index contributed by atoms with van der Waals surface area (Å²) in [5, 5.41) is 8.76. The molecule has 1 aromatic rings. The molecule has 1 atom stereocenters. The highest BCUT2D eigenvalue weighted by atomic mass is 16.4. The quantitative estimate of drug-likeness (QED) is 0.866. The minimum Gasteiger partial charge on any atom is -0.475 e. The van der Waals surface area contributed by atoms with Crippen LogP contribution in [-0.4, -0.2) is 39.6 Å². The van der Waals surface area contributed by atoms with Crippen LogP contribution < -0.4 is 0 Å². The molecule has 0 amide bonds. The van der Waals surface area contributed by atoms with Crippen LogP contribution in [0.25, 0.3) is 0 Å². The van der Waals surface area contributed by atoms with Gasteiger partial charge in [0.05, 0.1) is 6.20 Å². The standard InChI is InChI=1S/C12H18N2O3/c1-8(2)14-5-3-4-9(14)6-11-13-7-10(17-11)12(15)16/h7-9H,3-6H2,1-2H3,(H,15,16). The Hall–Kier alpha value is -1.36. The molecule has 2 heterocycles. The maximum atomic E-state index is 10.7. The number of aromatic carboxylic acids is 1. The second-order valence-corrected chi connectivity index (χ2v) is 4.76. The summed E-state index contributed by atoms with van der Waals surface area (Å²) >= 11 is 0. The summed E-state index contributed by atoms with van der Waals surface area (Å²) in [4.78, 5) is 17.1. The zero-order valence-electron chi connectivity index (χ0n) is 10.2. The van der Waals surface area contributed by atoms with E-state index in [9.17, 15) is 4.79 Å². The molecule has 17 heavy (non-hydrogen) atoms. The first-order valence-electron chi connectivity index (χ1n) is 6.01. The van der Waals surface area contributed by atoms with E-state index in [1.54, 1.807) is 0 Å². The van der Waals surface area contributed by atoms with Crippen molar-refractivity contribution in [2.24, 2.45) is 0 Å². The van der Waals surface area contributed by atoms with Crippen molar-refractivity contribution in [1.29, 1.82) is 0 Å². The minimum absolute atomic E-state index is 0.0749. The molecule has 0 bridgehead atoms. The molecular weight excluding hydrogens is 220 g/mol. The van der Waals surface area contributed by atoms with Crippen LogP contribution in [0, 0.1) is 0 Å². The highest BCUT2D eigenvalue weighted by molar-refractivity contribution is 5.83. The van der Waals surface area contributed by atoms with Crippen molar-refractivity contribution in [3.63, 3.8) is 0 Å². The van der Waals surface area contributed by atoms with Gasteiger partial charge in [0.25, 0.3) is 0 Å². The molecule has 0 aliphatic carbocycles. The smallest absolute Gasteiger partial charge is 0.373 e.